The number of rotatable bonds is 4. The van der Waals surface area contributed by atoms with Gasteiger partial charge in [-0.3, -0.25) is 0 Å². The molecule has 1 heterocycles. The van der Waals surface area contributed by atoms with E-state index in [4.69, 9.17) is 8.85 Å². The molecule has 149 valence electrons. The first-order chi connectivity index (χ1) is 14.7. The van der Waals surface area contributed by atoms with Crippen LogP contribution in [-0.4, -0.2) is 23.4 Å². The van der Waals surface area contributed by atoms with Crippen LogP contribution in [0.25, 0.3) is 10.8 Å². The van der Waals surface area contributed by atoms with Gasteiger partial charge in [0.2, 0.25) is 0 Å². The molecule has 4 aromatic carbocycles. The molecule has 0 spiro atoms. The second kappa shape index (κ2) is 8.07. The minimum atomic E-state index is -1.69. The maximum atomic E-state index is 6.70. The van der Waals surface area contributed by atoms with Crippen molar-refractivity contribution in [3.8, 4) is 0 Å². The summed E-state index contributed by atoms with van der Waals surface area (Å²) in [6, 6.07) is 33.7. The minimum absolute atomic E-state index is 0.121. The lowest BCUT2D eigenvalue weighted by Gasteiger charge is -2.19. The van der Waals surface area contributed by atoms with Gasteiger partial charge in [-0.2, -0.15) is 0 Å². The van der Waals surface area contributed by atoms with E-state index >= 15 is 0 Å². The predicted octanol–water partition coefficient (Wildman–Crippen LogP) is 5.13. The molecule has 3 nitrogen and oxygen atoms in total. The lowest BCUT2D eigenvalue weighted by atomic mass is 9.99. The van der Waals surface area contributed by atoms with E-state index in [0.29, 0.717) is 0 Å². The minimum Gasteiger partial charge on any atom is -0.379 e. The Bertz CT molecular complexity index is 1090. The normalized spacial score (nSPS) is 19.3. The molecule has 0 N–H and O–H groups in total. The fraction of sp³-hybridized carbons (Fsp3) is 0.154. The van der Waals surface area contributed by atoms with E-state index in [0.717, 1.165) is 11.1 Å². The average molecular weight is 411 g/mol. The lowest BCUT2D eigenvalue weighted by Crippen LogP contribution is -2.33. The van der Waals surface area contributed by atoms with Crippen LogP contribution in [-0.2, 0) is 8.85 Å². The Labute approximate surface area is 179 Å². The van der Waals surface area contributed by atoms with Gasteiger partial charge in [0.15, 0.2) is 0 Å². The fourth-order valence-corrected chi connectivity index (χ4v) is 6.14. The van der Waals surface area contributed by atoms with E-state index in [1.165, 1.54) is 21.6 Å². The largest absolute Gasteiger partial charge is 0.425 e. The Balaban J connectivity index is 1.61. The summed E-state index contributed by atoms with van der Waals surface area (Å²) in [5.41, 5.74) is 3.49. The molecule has 0 amide bonds. The Morgan fingerprint density at radius 2 is 1.17 bits per heavy atom. The third-order valence-corrected chi connectivity index (χ3v) is 7.38. The second-order valence-electron chi connectivity index (χ2n) is 7.76. The van der Waals surface area contributed by atoms with Crippen LogP contribution in [0, 0.1) is 0 Å². The summed E-state index contributed by atoms with van der Waals surface area (Å²) in [6.07, 6.45) is -0.242. The fourth-order valence-electron chi connectivity index (χ4n) is 4.14. The quantitative estimate of drug-likeness (QED) is 0.435. The number of hydrogen-bond donors (Lipinski definition) is 0. The predicted molar refractivity (Wildman–Crippen MR) is 124 cm³/mol. The number of fused-ring (bicyclic) bond motifs is 1. The Hall–Kier alpha value is -2.92. The summed E-state index contributed by atoms with van der Waals surface area (Å²) in [5.74, 6) is 0. The number of benzene rings is 4. The van der Waals surface area contributed by atoms with Gasteiger partial charge in [-0.1, -0.05) is 91.0 Å². The van der Waals surface area contributed by atoms with Crippen LogP contribution in [0.5, 0.6) is 0 Å². The third kappa shape index (κ3) is 3.43. The van der Waals surface area contributed by atoms with Crippen molar-refractivity contribution in [3.63, 3.8) is 0 Å². The first kappa shape index (κ1) is 19.1. The smallest absolute Gasteiger partial charge is 0.379 e. The Morgan fingerprint density at radius 3 is 1.70 bits per heavy atom. The molecule has 0 aliphatic carbocycles. The van der Waals surface area contributed by atoms with Crippen molar-refractivity contribution in [2.45, 2.75) is 12.2 Å². The molecule has 4 aromatic rings. The van der Waals surface area contributed by atoms with E-state index in [-0.39, 0.29) is 12.2 Å². The molecule has 2 atom stereocenters. The number of hydrogen-bond acceptors (Lipinski definition) is 3. The highest BCUT2D eigenvalue weighted by Gasteiger charge is 2.42. The van der Waals surface area contributed by atoms with Crippen LogP contribution >= 0.6 is 0 Å². The monoisotopic (exact) mass is 410 g/mol. The van der Waals surface area contributed by atoms with E-state index in [1.54, 1.807) is 0 Å². The van der Waals surface area contributed by atoms with Crippen molar-refractivity contribution in [2.24, 2.45) is 0 Å². The second-order valence-corrected chi connectivity index (χ2v) is 9.35. The van der Waals surface area contributed by atoms with Crippen molar-refractivity contribution in [2.75, 3.05) is 19.0 Å². The summed E-state index contributed by atoms with van der Waals surface area (Å²) >= 11 is 0. The maximum absolute atomic E-state index is 6.70. The van der Waals surface area contributed by atoms with Crippen molar-refractivity contribution < 1.29 is 8.85 Å². The van der Waals surface area contributed by atoms with Gasteiger partial charge >= 0.3 is 9.28 Å². The van der Waals surface area contributed by atoms with Crippen LogP contribution in [0.4, 0.5) is 5.69 Å². The van der Waals surface area contributed by atoms with Gasteiger partial charge in [0, 0.05) is 30.4 Å². The highest BCUT2D eigenvalue weighted by atomic mass is 28.3. The van der Waals surface area contributed by atoms with Crippen molar-refractivity contribution in [1.29, 1.82) is 0 Å². The van der Waals surface area contributed by atoms with Gasteiger partial charge in [-0.25, -0.2) is 0 Å². The first-order valence-corrected chi connectivity index (χ1v) is 11.5. The molecule has 1 radical (unpaired) electrons. The van der Waals surface area contributed by atoms with Gasteiger partial charge in [0.1, 0.15) is 12.2 Å². The molecule has 0 bridgehead atoms. The zero-order valence-corrected chi connectivity index (χ0v) is 18.2. The highest BCUT2D eigenvalue weighted by molar-refractivity contribution is 6.65. The molecule has 0 saturated carbocycles. The van der Waals surface area contributed by atoms with Crippen LogP contribution in [0.15, 0.2) is 97.1 Å². The molecule has 1 fully saturated rings. The summed E-state index contributed by atoms with van der Waals surface area (Å²) in [7, 11) is 2.48. The van der Waals surface area contributed by atoms with Crippen molar-refractivity contribution >= 4 is 30.9 Å². The molecule has 1 aliphatic heterocycles. The van der Waals surface area contributed by atoms with Gasteiger partial charge in [0.05, 0.1) is 0 Å². The standard InChI is InChI=1S/C26H24NO2Si/c1-27(2)22-17-9-15-19-16-10-18-23(24(19)22)30-28-25(20-11-5-3-6-12-20)26(29-30)21-13-7-4-8-14-21/h3-18,25-26H,1-2H3/t25-,26+. The maximum Gasteiger partial charge on any atom is 0.425 e. The zero-order chi connectivity index (χ0) is 20.5. The van der Waals surface area contributed by atoms with Crippen molar-refractivity contribution in [1.82, 2.24) is 0 Å². The summed E-state index contributed by atoms with van der Waals surface area (Å²) in [6.45, 7) is 0. The Morgan fingerprint density at radius 1 is 0.633 bits per heavy atom. The third-order valence-electron chi connectivity index (χ3n) is 5.58. The summed E-state index contributed by atoms with van der Waals surface area (Å²) in [5, 5.41) is 3.60. The lowest BCUT2D eigenvalue weighted by molar-refractivity contribution is 0.159. The molecule has 5 rings (SSSR count). The summed E-state index contributed by atoms with van der Waals surface area (Å²) < 4.78 is 13.4. The van der Waals surface area contributed by atoms with Gasteiger partial charge in [-0.15, -0.1) is 0 Å². The van der Waals surface area contributed by atoms with Gasteiger partial charge in [-0.05, 0) is 22.6 Å². The Kier molecular flexibility index (Phi) is 5.13. The van der Waals surface area contributed by atoms with E-state index in [1.807, 2.05) is 12.1 Å². The van der Waals surface area contributed by atoms with Crippen LogP contribution in [0.2, 0.25) is 0 Å². The van der Waals surface area contributed by atoms with Crippen LogP contribution in [0.3, 0.4) is 0 Å². The molecule has 1 saturated heterocycles. The molecular formula is C26H24NO2Si. The SMILES string of the molecule is CN(C)c1cccc2cccc([Si]3O[C@H](c4ccccc4)[C@H](c4ccccc4)O3)c12. The molecule has 0 aromatic heterocycles. The molecular weight excluding hydrogens is 386 g/mol. The highest BCUT2D eigenvalue weighted by Crippen LogP contribution is 2.42. The van der Waals surface area contributed by atoms with Crippen molar-refractivity contribution in [3.05, 3.63) is 108 Å². The van der Waals surface area contributed by atoms with Crippen LogP contribution in [0.1, 0.15) is 23.3 Å². The molecule has 30 heavy (non-hydrogen) atoms. The first-order valence-electron chi connectivity index (χ1n) is 10.2. The summed E-state index contributed by atoms with van der Waals surface area (Å²) in [4.78, 5) is 2.16. The van der Waals surface area contributed by atoms with Crippen LogP contribution < -0.4 is 10.1 Å². The zero-order valence-electron chi connectivity index (χ0n) is 17.2. The molecule has 0 unspecified atom stereocenters. The number of nitrogens with zero attached hydrogens (tertiary/aromatic N) is 1. The topological polar surface area (TPSA) is 21.7 Å². The number of anilines is 1. The van der Waals surface area contributed by atoms with E-state index in [9.17, 15) is 0 Å². The molecule has 1 aliphatic rings. The van der Waals surface area contributed by atoms with E-state index < -0.39 is 9.28 Å². The van der Waals surface area contributed by atoms with Gasteiger partial charge in [0.25, 0.3) is 0 Å². The average Bonchev–Trinajstić information content (AvgIpc) is 3.25. The molecule has 4 heteroatoms. The van der Waals surface area contributed by atoms with E-state index in [2.05, 4.69) is 104 Å². The van der Waals surface area contributed by atoms with Gasteiger partial charge < -0.3 is 13.8 Å².